The summed E-state index contributed by atoms with van der Waals surface area (Å²) in [6.45, 7) is 7.50. The van der Waals surface area contributed by atoms with Gasteiger partial charge in [0.2, 0.25) is 0 Å². The zero-order chi connectivity index (χ0) is 21.7. The van der Waals surface area contributed by atoms with Gasteiger partial charge in [0.1, 0.15) is 11.3 Å². The molecule has 0 spiro atoms. The normalized spacial score (nSPS) is 16.5. The minimum absolute atomic E-state index is 0.169. The van der Waals surface area contributed by atoms with Gasteiger partial charge in [-0.25, -0.2) is 4.79 Å². The second-order valence-electron chi connectivity index (χ2n) is 8.52. The monoisotopic (exact) mass is 398 g/mol. The molecular formula is C22H26N2O5. The zero-order valence-corrected chi connectivity index (χ0v) is 17.5. The first-order valence-corrected chi connectivity index (χ1v) is 9.73. The molecule has 0 radical (unpaired) electrons. The van der Waals surface area contributed by atoms with Crippen molar-refractivity contribution < 1.29 is 14.7 Å². The summed E-state index contributed by atoms with van der Waals surface area (Å²) < 4.78 is 2.55. The molecule has 0 aliphatic heterocycles. The third kappa shape index (κ3) is 3.34. The Bertz CT molecular complexity index is 1190. The molecule has 0 atom stereocenters. The van der Waals surface area contributed by atoms with Crippen LogP contribution in [0.5, 0.6) is 0 Å². The molecule has 29 heavy (non-hydrogen) atoms. The lowest BCUT2D eigenvalue weighted by atomic mass is 9.75. The maximum atomic E-state index is 13.2. The molecule has 1 aromatic heterocycles. The van der Waals surface area contributed by atoms with Crippen LogP contribution in [-0.4, -0.2) is 25.8 Å². The van der Waals surface area contributed by atoms with E-state index in [1.807, 2.05) is 20.8 Å². The van der Waals surface area contributed by atoms with E-state index in [0.717, 1.165) is 4.57 Å². The molecule has 0 bridgehead atoms. The van der Waals surface area contributed by atoms with E-state index in [1.165, 1.54) is 10.6 Å². The molecule has 3 rings (SSSR count). The van der Waals surface area contributed by atoms with Crippen LogP contribution < -0.4 is 11.2 Å². The smallest absolute Gasteiger partial charge is 0.331 e. The van der Waals surface area contributed by atoms with Gasteiger partial charge >= 0.3 is 5.69 Å². The Morgan fingerprint density at radius 3 is 2.41 bits per heavy atom. The van der Waals surface area contributed by atoms with E-state index in [-0.39, 0.29) is 41.7 Å². The van der Waals surface area contributed by atoms with Gasteiger partial charge in [0.05, 0.1) is 10.9 Å². The summed E-state index contributed by atoms with van der Waals surface area (Å²) in [5.74, 6) is -1.19. The predicted octanol–water partition coefficient (Wildman–Crippen LogP) is 2.80. The highest BCUT2D eigenvalue weighted by Gasteiger charge is 2.37. The molecule has 2 aromatic rings. The number of aliphatic hydroxyl groups excluding tert-OH is 1. The number of hydrogen-bond donors (Lipinski definition) is 1. The van der Waals surface area contributed by atoms with Crippen molar-refractivity contribution in [3.63, 3.8) is 0 Å². The number of allylic oxidation sites excluding steroid dienone is 2. The van der Waals surface area contributed by atoms with Crippen molar-refractivity contribution in [2.45, 2.75) is 53.5 Å². The zero-order valence-electron chi connectivity index (χ0n) is 17.5. The minimum atomic E-state index is -0.585. The summed E-state index contributed by atoms with van der Waals surface area (Å²) >= 11 is 0. The Morgan fingerprint density at radius 1 is 1.17 bits per heavy atom. The van der Waals surface area contributed by atoms with Crippen molar-refractivity contribution in [1.29, 1.82) is 0 Å². The number of aryl methyl sites for hydroxylation is 2. The van der Waals surface area contributed by atoms with E-state index >= 15 is 0 Å². The molecule has 0 unspecified atom stereocenters. The molecule has 0 saturated carbocycles. The average Bonchev–Trinajstić information content (AvgIpc) is 2.61. The number of nitrogens with zero attached hydrogens (tertiary/aromatic N) is 2. The number of hydrogen-bond acceptors (Lipinski definition) is 5. The summed E-state index contributed by atoms with van der Waals surface area (Å²) in [6.07, 6.45) is 1.02. The van der Waals surface area contributed by atoms with E-state index in [1.54, 1.807) is 20.0 Å². The second-order valence-corrected chi connectivity index (χ2v) is 8.52. The van der Waals surface area contributed by atoms with E-state index < -0.39 is 28.2 Å². The second kappa shape index (κ2) is 7.13. The summed E-state index contributed by atoms with van der Waals surface area (Å²) in [7, 11) is 1.58. The standard InChI is InChI=1S/C22H26N2O5/c1-6-9-24-20(28)17-12(2)13(7-8-14(17)23(5)21(24)29)19(27)18-15(25)10-22(3,4)11-16(18)26/h7-8,25H,6,9-11H2,1-5H3. The highest BCUT2D eigenvalue weighted by molar-refractivity contribution is 6.28. The molecule has 1 aliphatic carbocycles. The number of carbonyl (C=O) groups is 2. The number of aromatic nitrogens is 2. The highest BCUT2D eigenvalue weighted by atomic mass is 16.3. The summed E-state index contributed by atoms with van der Waals surface area (Å²) in [5, 5.41) is 10.7. The number of ketones is 2. The molecular weight excluding hydrogens is 372 g/mol. The Morgan fingerprint density at radius 2 is 1.83 bits per heavy atom. The summed E-state index contributed by atoms with van der Waals surface area (Å²) in [6, 6.07) is 3.06. The SMILES string of the molecule is CCCn1c(=O)c2c(C)c(C(=O)C3=C(O)CC(C)(C)CC3=O)ccc2n(C)c1=O. The number of Topliss-reactive ketones (excluding diaryl/α,β-unsaturated/α-hetero) is 2. The van der Waals surface area contributed by atoms with Crippen LogP contribution >= 0.6 is 0 Å². The molecule has 0 amide bonds. The largest absolute Gasteiger partial charge is 0.511 e. The van der Waals surface area contributed by atoms with Crippen molar-refractivity contribution in [1.82, 2.24) is 9.13 Å². The van der Waals surface area contributed by atoms with Crippen LogP contribution in [0.1, 0.15) is 56.0 Å². The predicted molar refractivity (Wildman–Crippen MR) is 110 cm³/mol. The van der Waals surface area contributed by atoms with Gasteiger partial charge in [-0.15, -0.1) is 0 Å². The molecule has 1 heterocycles. The van der Waals surface area contributed by atoms with Crippen LogP contribution in [0.15, 0.2) is 33.1 Å². The fourth-order valence-corrected chi connectivity index (χ4v) is 4.10. The number of aliphatic hydroxyl groups is 1. The van der Waals surface area contributed by atoms with Crippen LogP contribution in [0, 0.1) is 12.3 Å². The molecule has 154 valence electrons. The third-order valence-electron chi connectivity index (χ3n) is 5.55. The van der Waals surface area contributed by atoms with Gasteiger partial charge in [-0.05, 0) is 36.5 Å². The lowest BCUT2D eigenvalue weighted by molar-refractivity contribution is -0.118. The summed E-state index contributed by atoms with van der Waals surface area (Å²) in [5.41, 5.74) is -0.461. The van der Waals surface area contributed by atoms with E-state index in [4.69, 9.17) is 0 Å². The molecule has 7 heteroatoms. The first kappa shape index (κ1) is 20.8. The van der Waals surface area contributed by atoms with Gasteiger partial charge in [0, 0.05) is 32.0 Å². The van der Waals surface area contributed by atoms with Gasteiger partial charge in [-0.3, -0.25) is 23.5 Å². The van der Waals surface area contributed by atoms with Crippen molar-refractivity contribution in [2.24, 2.45) is 12.5 Å². The van der Waals surface area contributed by atoms with E-state index in [0.29, 0.717) is 17.5 Å². The maximum absolute atomic E-state index is 13.2. The molecule has 1 aliphatic rings. The lowest BCUT2D eigenvalue weighted by Crippen LogP contribution is -2.39. The summed E-state index contributed by atoms with van der Waals surface area (Å²) in [4.78, 5) is 51.2. The molecule has 0 saturated heterocycles. The Labute approximate surface area is 168 Å². The molecule has 1 N–H and O–H groups in total. The van der Waals surface area contributed by atoms with Crippen LogP contribution in [0.4, 0.5) is 0 Å². The van der Waals surface area contributed by atoms with Crippen LogP contribution in [0.25, 0.3) is 10.9 Å². The average molecular weight is 398 g/mol. The van der Waals surface area contributed by atoms with Crippen LogP contribution in [0.2, 0.25) is 0 Å². The fourth-order valence-electron chi connectivity index (χ4n) is 4.10. The first-order chi connectivity index (χ1) is 13.5. The highest BCUT2D eigenvalue weighted by Crippen LogP contribution is 2.37. The van der Waals surface area contributed by atoms with Gasteiger partial charge in [0.25, 0.3) is 5.56 Å². The van der Waals surface area contributed by atoms with E-state index in [2.05, 4.69) is 0 Å². The lowest BCUT2D eigenvalue weighted by Gasteiger charge is -2.29. The molecule has 1 aromatic carbocycles. The first-order valence-electron chi connectivity index (χ1n) is 9.73. The van der Waals surface area contributed by atoms with Crippen molar-refractivity contribution in [2.75, 3.05) is 0 Å². The molecule has 0 fully saturated rings. The van der Waals surface area contributed by atoms with Crippen molar-refractivity contribution in [3.05, 3.63) is 55.4 Å². The van der Waals surface area contributed by atoms with E-state index in [9.17, 15) is 24.3 Å². The number of fused-ring (bicyclic) bond motifs is 1. The Kier molecular flexibility index (Phi) is 5.11. The third-order valence-corrected chi connectivity index (χ3v) is 5.55. The van der Waals surface area contributed by atoms with Crippen LogP contribution in [0.3, 0.4) is 0 Å². The maximum Gasteiger partial charge on any atom is 0.331 e. The minimum Gasteiger partial charge on any atom is -0.511 e. The molecule has 7 nitrogen and oxygen atoms in total. The number of carbonyl (C=O) groups excluding carboxylic acids is 2. The topological polar surface area (TPSA) is 98.4 Å². The van der Waals surface area contributed by atoms with Gasteiger partial charge in [0.15, 0.2) is 11.6 Å². The van der Waals surface area contributed by atoms with Gasteiger partial charge < -0.3 is 5.11 Å². The van der Waals surface area contributed by atoms with Crippen molar-refractivity contribution in [3.8, 4) is 0 Å². The Hall–Kier alpha value is -2.96. The van der Waals surface area contributed by atoms with Crippen LogP contribution in [-0.2, 0) is 18.4 Å². The fraction of sp³-hybridized carbons (Fsp3) is 0.455. The number of rotatable bonds is 4. The quantitative estimate of drug-likeness (QED) is 0.631. The number of benzene rings is 1. The van der Waals surface area contributed by atoms with Gasteiger partial charge in [-0.1, -0.05) is 20.8 Å². The van der Waals surface area contributed by atoms with Gasteiger partial charge in [-0.2, -0.15) is 0 Å². The Balaban J connectivity index is 2.26. The van der Waals surface area contributed by atoms with Crippen molar-refractivity contribution >= 4 is 22.5 Å².